The smallest absolute Gasteiger partial charge is 0.253 e. The van der Waals surface area contributed by atoms with E-state index in [0.717, 1.165) is 18.5 Å². The minimum atomic E-state index is -0.248. The van der Waals surface area contributed by atoms with E-state index in [1.165, 1.54) is 12.1 Å². The van der Waals surface area contributed by atoms with Gasteiger partial charge in [-0.05, 0) is 55.0 Å². The van der Waals surface area contributed by atoms with Gasteiger partial charge in [0.25, 0.3) is 5.91 Å². The van der Waals surface area contributed by atoms with Gasteiger partial charge >= 0.3 is 0 Å². The minimum Gasteiger partial charge on any atom is -0.368 e. The maximum atomic E-state index is 13.1. The van der Waals surface area contributed by atoms with Crippen molar-refractivity contribution >= 4 is 23.2 Å². The number of anilines is 2. The lowest BCUT2D eigenvalue weighted by atomic mass is 10.1. The van der Waals surface area contributed by atoms with Crippen molar-refractivity contribution in [3.8, 4) is 0 Å². The summed E-state index contributed by atoms with van der Waals surface area (Å²) in [7, 11) is 0. The van der Waals surface area contributed by atoms with Crippen molar-refractivity contribution in [2.45, 2.75) is 26.2 Å². The Hall–Kier alpha value is -2.89. The Balaban J connectivity index is 1.53. The summed E-state index contributed by atoms with van der Waals surface area (Å²) in [5.41, 5.74) is 2.29. The van der Waals surface area contributed by atoms with Gasteiger partial charge in [-0.25, -0.2) is 4.39 Å². The second kappa shape index (κ2) is 9.35. The first-order valence-corrected chi connectivity index (χ1v) is 9.76. The summed E-state index contributed by atoms with van der Waals surface area (Å²) in [6.45, 7) is 4.70. The maximum Gasteiger partial charge on any atom is 0.253 e. The second-order valence-electron chi connectivity index (χ2n) is 6.98. The van der Waals surface area contributed by atoms with Gasteiger partial charge in [-0.1, -0.05) is 13.3 Å². The maximum absolute atomic E-state index is 13.1. The minimum absolute atomic E-state index is 0.00200. The molecule has 1 saturated heterocycles. The highest BCUT2D eigenvalue weighted by molar-refractivity contribution is 5.96. The number of halogens is 1. The zero-order chi connectivity index (χ0) is 19.9. The van der Waals surface area contributed by atoms with E-state index >= 15 is 0 Å². The van der Waals surface area contributed by atoms with Crippen LogP contribution >= 0.6 is 0 Å². The van der Waals surface area contributed by atoms with Gasteiger partial charge in [-0.15, -0.1) is 0 Å². The Bertz CT molecular complexity index is 798. The third-order valence-electron chi connectivity index (χ3n) is 4.93. The van der Waals surface area contributed by atoms with Crippen LogP contribution in [0.4, 0.5) is 15.8 Å². The molecule has 1 N–H and O–H groups in total. The van der Waals surface area contributed by atoms with Crippen molar-refractivity contribution in [2.24, 2.45) is 0 Å². The molecule has 1 heterocycles. The molecule has 0 spiro atoms. The normalized spacial score (nSPS) is 14.1. The van der Waals surface area contributed by atoms with Crippen LogP contribution in [0.1, 0.15) is 36.5 Å². The van der Waals surface area contributed by atoms with Crippen LogP contribution in [-0.4, -0.2) is 42.9 Å². The fourth-order valence-electron chi connectivity index (χ4n) is 3.26. The van der Waals surface area contributed by atoms with Crippen LogP contribution in [0.25, 0.3) is 0 Å². The van der Waals surface area contributed by atoms with E-state index in [1.807, 2.05) is 11.8 Å². The Morgan fingerprint density at radius 3 is 2.21 bits per heavy atom. The Morgan fingerprint density at radius 1 is 0.964 bits per heavy atom. The highest BCUT2D eigenvalue weighted by Crippen LogP contribution is 2.18. The van der Waals surface area contributed by atoms with E-state index in [0.29, 0.717) is 43.9 Å². The van der Waals surface area contributed by atoms with Gasteiger partial charge in [-0.2, -0.15) is 0 Å². The quantitative estimate of drug-likeness (QED) is 0.823. The van der Waals surface area contributed by atoms with Crippen molar-refractivity contribution in [1.29, 1.82) is 0 Å². The first kappa shape index (κ1) is 19.9. The molecule has 5 nitrogen and oxygen atoms in total. The lowest BCUT2D eigenvalue weighted by Gasteiger charge is -2.36. The SMILES string of the molecule is CCCCC(=O)Nc1ccc(C(=O)N2CCN(c3ccc(F)cc3)CC2)cc1. The summed E-state index contributed by atoms with van der Waals surface area (Å²) in [5.74, 6) is -0.261. The molecular formula is C22H26FN3O2. The van der Waals surface area contributed by atoms with E-state index in [1.54, 1.807) is 36.4 Å². The Morgan fingerprint density at radius 2 is 1.61 bits per heavy atom. The van der Waals surface area contributed by atoms with Gasteiger partial charge in [0.1, 0.15) is 5.82 Å². The summed E-state index contributed by atoms with van der Waals surface area (Å²) in [5, 5.41) is 2.85. The number of rotatable bonds is 6. The van der Waals surface area contributed by atoms with Crippen LogP contribution in [0.2, 0.25) is 0 Å². The summed E-state index contributed by atoms with van der Waals surface area (Å²) < 4.78 is 13.1. The molecule has 0 aromatic heterocycles. The summed E-state index contributed by atoms with van der Waals surface area (Å²) in [6, 6.07) is 13.5. The number of piperazine rings is 1. The highest BCUT2D eigenvalue weighted by atomic mass is 19.1. The lowest BCUT2D eigenvalue weighted by Crippen LogP contribution is -2.48. The molecule has 0 radical (unpaired) electrons. The first-order chi connectivity index (χ1) is 13.6. The number of carbonyl (C=O) groups excluding carboxylic acids is 2. The number of nitrogens with zero attached hydrogens (tertiary/aromatic N) is 2. The van der Waals surface area contributed by atoms with Gasteiger partial charge in [0, 0.05) is 49.5 Å². The molecule has 0 saturated carbocycles. The first-order valence-electron chi connectivity index (χ1n) is 9.76. The Kier molecular flexibility index (Phi) is 6.63. The number of unbranched alkanes of at least 4 members (excludes halogenated alkanes) is 1. The average Bonchev–Trinajstić information content (AvgIpc) is 2.73. The van der Waals surface area contributed by atoms with E-state index in [-0.39, 0.29) is 17.6 Å². The number of hydrogen-bond donors (Lipinski definition) is 1. The molecule has 0 unspecified atom stereocenters. The molecule has 0 aliphatic carbocycles. The zero-order valence-electron chi connectivity index (χ0n) is 16.2. The van der Waals surface area contributed by atoms with Gasteiger partial charge in [0.2, 0.25) is 5.91 Å². The molecule has 0 atom stereocenters. The summed E-state index contributed by atoms with van der Waals surface area (Å²) in [4.78, 5) is 28.5. The van der Waals surface area contributed by atoms with Gasteiger partial charge in [0.05, 0.1) is 0 Å². The predicted molar refractivity (Wildman–Crippen MR) is 109 cm³/mol. The van der Waals surface area contributed by atoms with Crippen molar-refractivity contribution in [3.05, 3.63) is 59.9 Å². The van der Waals surface area contributed by atoms with Crippen LogP contribution in [0, 0.1) is 5.82 Å². The highest BCUT2D eigenvalue weighted by Gasteiger charge is 2.22. The predicted octanol–water partition coefficient (Wildman–Crippen LogP) is 3.92. The average molecular weight is 383 g/mol. The van der Waals surface area contributed by atoms with Crippen LogP contribution in [0.5, 0.6) is 0 Å². The van der Waals surface area contributed by atoms with Crippen molar-refractivity contribution in [2.75, 3.05) is 36.4 Å². The van der Waals surface area contributed by atoms with Crippen LogP contribution < -0.4 is 10.2 Å². The van der Waals surface area contributed by atoms with E-state index in [9.17, 15) is 14.0 Å². The van der Waals surface area contributed by atoms with E-state index in [2.05, 4.69) is 10.2 Å². The van der Waals surface area contributed by atoms with Crippen molar-refractivity contribution in [1.82, 2.24) is 4.90 Å². The van der Waals surface area contributed by atoms with Gasteiger partial charge < -0.3 is 15.1 Å². The second-order valence-corrected chi connectivity index (χ2v) is 6.98. The molecule has 28 heavy (non-hydrogen) atoms. The van der Waals surface area contributed by atoms with E-state index < -0.39 is 0 Å². The topological polar surface area (TPSA) is 52.7 Å². The molecule has 6 heteroatoms. The largest absolute Gasteiger partial charge is 0.368 e. The molecule has 1 fully saturated rings. The number of benzene rings is 2. The van der Waals surface area contributed by atoms with Crippen LogP contribution in [0.15, 0.2) is 48.5 Å². The summed E-state index contributed by atoms with van der Waals surface area (Å²) in [6.07, 6.45) is 2.36. The fraction of sp³-hybridized carbons (Fsp3) is 0.364. The molecule has 2 aromatic rings. The van der Waals surface area contributed by atoms with Crippen LogP contribution in [-0.2, 0) is 4.79 Å². The van der Waals surface area contributed by atoms with Gasteiger partial charge in [0.15, 0.2) is 0 Å². The third kappa shape index (κ3) is 5.09. The number of nitrogens with one attached hydrogen (secondary N) is 1. The van der Waals surface area contributed by atoms with Crippen molar-refractivity contribution < 1.29 is 14.0 Å². The number of hydrogen-bond acceptors (Lipinski definition) is 3. The Labute approximate surface area is 165 Å². The molecule has 148 valence electrons. The fourth-order valence-corrected chi connectivity index (χ4v) is 3.26. The molecule has 3 rings (SSSR count). The van der Waals surface area contributed by atoms with E-state index in [4.69, 9.17) is 0 Å². The molecule has 1 aliphatic rings. The molecular weight excluding hydrogens is 357 g/mol. The monoisotopic (exact) mass is 383 g/mol. The molecule has 2 amide bonds. The zero-order valence-corrected chi connectivity index (χ0v) is 16.2. The number of amides is 2. The van der Waals surface area contributed by atoms with Gasteiger partial charge in [-0.3, -0.25) is 9.59 Å². The molecule has 1 aliphatic heterocycles. The van der Waals surface area contributed by atoms with Crippen LogP contribution in [0.3, 0.4) is 0 Å². The van der Waals surface area contributed by atoms with Crippen molar-refractivity contribution in [3.63, 3.8) is 0 Å². The lowest BCUT2D eigenvalue weighted by molar-refractivity contribution is -0.116. The molecule has 2 aromatic carbocycles. The summed E-state index contributed by atoms with van der Waals surface area (Å²) >= 11 is 0. The molecule has 0 bridgehead atoms. The third-order valence-corrected chi connectivity index (χ3v) is 4.93. The number of carbonyl (C=O) groups is 2. The standard InChI is InChI=1S/C22H26FN3O2/c1-2-3-4-21(27)24-19-9-5-17(6-10-19)22(28)26-15-13-25(14-16-26)20-11-7-18(23)8-12-20/h5-12H,2-4,13-16H2,1H3,(H,24,27).